The van der Waals surface area contributed by atoms with Crippen LogP contribution >= 0.6 is 11.6 Å². The molecule has 0 radical (unpaired) electrons. The van der Waals surface area contributed by atoms with Gasteiger partial charge in [0.05, 0.1) is 10.9 Å². The molecular weight excluding hydrogens is 417 g/mol. The van der Waals surface area contributed by atoms with E-state index in [0.717, 1.165) is 11.1 Å². The van der Waals surface area contributed by atoms with E-state index in [2.05, 4.69) is 25.3 Å². The van der Waals surface area contributed by atoms with Gasteiger partial charge in [0.25, 0.3) is 0 Å². The van der Waals surface area contributed by atoms with Crippen molar-refractivity contribution >= 4 is 21.6 Å². The van der Waals surface area contributed by atoms with Crippen LogP contribution in [0.3, 0.4) is 0 Å². The number of aromatic nitrogens is 4. The van der Waals surface area contributed by atoms with Gasteiger partial charge in [0.15, 0.2) is 5.82 Å². The third-order valence-corrected chi connectivity index (χ3v) is 6.87. The van der Waals surface area contributed by atoms with Gasteiger partial charge in [0.2, 0.25) is 10.0 Å². The molecule has 1 heterocycles. The Balaban J connectivity index is 2.08. The molecule has 0 bridgehead atoms. The highest BCUT2D eigenvalue weighted by molar-refractivity contribution is 7.89. The van der Waals surface area contributed by atoms with E-state index >= 15 is 0 Å². The van der Waals surface area contributed by atoms with Gasteiger partial charge in [-0.2, -0.15) is 9.94 Å². The monoisotopic (exact) mass is 437 g/mol. The van der Waals surface area contributed by atoms with Crippen molar-refractivity contribution in [3.8, 4) is 0 Å². The summed E-state index contributed by atoms with van der Waals surface area (Å²) in [6.07, 6.45) is 0. The summed E-state index contributed by atoms with van der Waals surface area (Å²) in [5, 5.41) is 14.0. The molecular formula is C19H21ClFN5O2S. The van der Waals surface area contributed by atoms with Gasteiger partial charge in [-0.25, -0.2) is 12.8 Å². The Kier molecular flexibility index (Phi) is 6.02. The van der Waals surface area contributed by atoms with E-state index in [-0.39, 0.29) is 10.7 Å². The molecule has 0 saturated carbocycles. The van der Waals surface area contributed by atoms with Gasteiger partial charge in [-0.3, -0.25) is 0 Å². The number of nitrogens with one attached hydrogen (secondary N) is 2. The van der Waals surface area contributed by atoms with E-state index < -0.39 is 27.8 Å². The first-order valence-electron chi connectivity index (χ1n) is 8.89. The molecule has 0 amide bonds. The van der Waals surface area contributed by atoms with Crippen LogP contribution in [-0.2, 0) is 10.0 Å². The van der Waals surface area contributed by atoms with Gasteiger partial charge < -0.3 is 0 Å². The number of tetrazole rings is 1. The molecule has 3 rings (SSSR count). The highest BCUT2D eigenvalue weighted by Crippen LogP contribution is 2.35. The van der Waals surface area contributed by atoms with Gasteiger partial charge in [0.1, 0.15) is 5.82 Å². The molecule has 154 valence electrons. The zero-order valence-electron chi connectivity index (χ0n) is 16.4. The summed E-state index contributed by atoms with van der Waals surface area (Å²) < 4.78 is 43.6. The number of aromatic amines is 1. The summed E-state index contributed by atoms with van der Waals surface area (Å²) >= 11 is 5.99. The summed E-state index contributed by atoms with van der Waals surface area (Å²) in [5.41, 5.74) is 2.56. The molecule has 10 heteroatoms. The van der Waals surface area contributed by atoms with Crippen LogP contribution in [0.5, 0.6) is 0 Å². The standard InChI is InChI=1S/C19H21ClFN5O2S/c1-10-6-8-15(21)17(12(10)3)13(4)18(19-22-25-26-23-19)24-29(27,28)16-9-14(20)7-5-11(16)2/h5-9,13,18,24H,1-4H3,(H,22,23,25,26). The lowest BCUT2D eigenvalue weighted by Crippen LogP contribution is -2.33. The first-order chi connectivity index (χ1) is 13.6. The lowest BCUT2D eigenvalue weighted by Gasteiger charge is -2.25. The van der Waals surface area contributed by atoms with E-state index in [1.165, 1.54) is 12.1 Å². The zero-order valence-corrected chi connectivity index (χ0v) is 17.9. The van der Waals surface area contributed by atoms with Crippen LogP contribution in [0.25, 0.3) is 0 Å². The summed E-state index contributed by atoms with van der Waals surface area (Å²) in [5.74, 6) is -0.921. The molecule has 7 nitrogen and oxygen atoms in total. The minimum absolute atomic E-state index is 0.0344. The van der Waals surface area contributed by atoms with E-state index in [9.17, 15) is 12.8 Å². The Morgan fingerprint density at radius 2 is 1.83 bits per heavy atom. The minimum Gasteiger partial charge on any atom is -0.207 e. The van der Waals surface area contributed by atoms with Gasteiger partial charge in [-0.1, -0.05) is 35.9 Å². The van der Waals surface area contributed by atoms with Crippen LogP contribution in [-0.4, -0.2) is 29.0 Å². The molecule has 2 unspecified atom stereocenters. The third-order valence-electron chi connectivity index (χ3n) is 5.05. The van der Waals surface area contributed by atoms with E-state index in [1.807, 2.05) is 6.92 Å². The predicted octanol–water partition coefficient (Wildman–Crippen LogP) is 3.74. The van der Waals surface area contributed by atoms with Gasteiger partial charge in [-0.15, -0.1) is 10.2 Å². The highest BCUT2D eigenvalue weighted by atomic mass is 35.5. The van der Waals surface area contributed by atoms with Crippen molar-refractivity contribution in [3.05, 3.63) is 69.2 Å². The summed E-state index contributed by atoms with van der Waals surface area (Å²) in [7, 11) is -4.01. The van der Waals surface area contributed by atoms with Crippen LogP contribution < -0.4 is 4.72 Å². The van der Waals surface area contributed by atoms with Crippen LogP contribution in [0.4, 0.5) is 4.39 Å². The minimum atomic E-state index is -4.01. The number of hydrogen-bond acceptors (Lipinski definition) is 5. The average molecular weight is 438 g/mol. The lowest BCUT2D eigenvalue weighted by molar-refractivity contribution is 0.478. The Labute approximate surface area is 173 Å². The number of hydrogen-bond donors (Lipinski definition) is 2. The molecule has 1 aromatic heterocycles. The molecule has 2 aromatic carbocycles. The van der Waals surface area contributed by atoms with E-state index in [4.69, 9.17) is 11.6 Å². The smallest absolute Gasteiger partial charge is 0.207 e. The topological polar surface area (TPSA) is 101 Å². The largest absolute Gasteiger partial charge is 0.241 e. The maximum absolute atomic E-state index is 14.7. The molecule has 2 atom stereocenters. The molecule has 0 aliphatic heterocycles. The second-order valence-electron chi connectivity index (χ2n) is 6.97. The number of halogens is 2. The van der Waals surface area contributed by atoms with Crippen LogP contribution in [0, 0.1) is 26.6 Å². The van der Waals surface area contributed by atoms with Gasteiger partial charge in [-0.05, 0) is 61.2 Å². The van der Waals surface area contributed by atoms with Crippen LogP contribution in [0.1, 0.15) is 47.0 Å². The Bertz CT molecular complexity index is 1140. The Morgan fingerprint density at radius 3 is 2.48 bits per heavy atom. The second-order valence-corrected chi connectivity index (χ2v) is 9.09. The number of sulfonamides is 1. The van der Waals surface area contributed by atoms with Crippen molar-refractivity contribution in [2.75, 3.05) is 0 Å². The Morgan fingerprint density at radius 1 is 1.14 bits per heavy atom. The van der Waals surface area contributed by atoms with Gasteiger partial charge in [0, 0.05) is 10.9 Å². The van der Waals surface area contributed by atoms with Crippen molar-refractivity contribution in [3.63, 3.8) is 0 Å². The second kappa shape index (κ2) is 8.17. The first kappa shape index (κ1) is 21.4. The van der Waals surface area contributed by atoms with Crippen molar-refractivity contribution in [1.29, 1.82) is 0 Å². The average Bonchev–Trinajstić information content (AvgIpc) is 3.19. The van der Waals surface area contributed by atoms with Crippen molar-refractivity contribution in [1.82, 2.24) is 25.3 Å². The molecule has 3 aromatic rings. The number of aryl methyl sites for hydroxylation is 2. The SMILES string of the molecule is Cc1ccc(Cl)cc1S(=O)(=O)NC(c1nn[nH]n1)C(C)c1c(F)ccc(C)c1C. The van der Waals surface area contributed by atoms with Crippen molar-refractivity contribution in [2.45, 2.75) is 44.6 Å². The third kappa shape index (κ3) is 4.31. The number of rotatable bonds is 6. The summed E-state index contributed by atoms with van der Waals surface area (Å²) in [6, 6.07) is 6.71. The molecule has 0 saturated heterocycles. The maximum atomic E-state index is 14.7. The number of nitrogens with zero attached hydrogens (tertiary/aromatic N) is 3. The maximum Gasteiger partial charge on any atom is 0.241 e. The molecule has 0 aliphatic carbocycles. The zero-order chi connectivity index (χ0) is 21.3. The molecule has 0 aliphatic rings. The normalized spacial score (nSPS) is 14.0. The van der Waals surface area contributed by atoms with Crippen molar-refractivity contribution < 1.29 is 12.8 Å². The first-order valence-corrected chi connectivity index (χ1v) is 10.8. The molecule has 0 fully saturated rings. The van der Waals surface area contributed by atoms with Gasteiger partial charge >= 0.3 is 0 Å². The van der Waals surface area contributed by atoms with Crippen LogP contribution in [0.2, 0.25) is 5.02 Å². The van der Waals surface area contributed by atoms with Crippen molar-refractivity contribution in [2.24, 2.45) is 0 Å². The summed E-state index contributed by atoms with van der Waals surface area (Å²) in [4.78, 5) is 0.0344. The highest BCUT2D eigenvalue weighted by Gasteiger charge is 2.33. The van der Waals surface area contributed by atoms with E-state index in [1.54, 1.807) is 39.0 Å². The lowest BCUT2D eigenvalue weighted by atomic mass is 9.88. The summed E-state index contributed by atoms with van der Waals surface area (Å²) in [6.45, 7) is 7.06. The molecule has 0 spiro atoms. The van der Waals surface area contributed by atoms with Crippen LogP contribution in [0.15, 0.2) is 35.2 Å². The molecule has 2 N–H and O–H groups in total. The number of H-pyrrole nitrogens is 1. The fourth-order valence-corrected chi connectivity index (χ4v) is 5.09. The van der Waals surface area contributed by atoms with E-state index in [0.29, 0.717) is 16.1 Å². The fourth-order valence-electron chi connectivity index (χ4n) is 3.30. The Hall–Kier alpha value is -2.36. The quantitative estimate of drug-likeness (QED) is 0.611. The predicted molar refractivity (Wildman–Crippen MR) is 108 cm³/mol. The number of benzene rings is 2. The fraction of sp³-hybridized carbons (Fsp3) is 0.316. The molecule has 29 heavy (non-hydrogen) atoms.